The van der Waals surface area contributed by atoms with Gasteiger partial charge in [-0.15, -0.1) is 0 Å². The normalized spacial score (nSPS) is 10.7. The van der Waals surface area contributed by atoms with Crippen molar-refractivity contribution in [1.82, 2.24) is 10.1 Å². The molecule has 5 nitrogen and oxygen atoms in total. The Kier molecular flexibility index (Phi) is 3.31. The van der Waals surface area contributed by atoms with Crippen molar-refractivity contribution in [3.63, 3.8) is 0 Å². The number of aromatic nitrogens is 2. The lowest BCUT2D eigenvalue weighted by molar-refractivity contribution is 0.418. The van der Waals surface area contributed by atoms with Crippen molar-refractivity contribution < 1.29 is 9.63 Å². The zero-order valence-corrected chi connectivity index (χ0v) is 11.6. The smallest absolute Gasteiger partial charge is 0.261 e. The molecule has 0 spiro atoms. The largest absolute Gasteiger partial charge is 0.507 e. The minimum atomic E-state index is 0.0285. The van der Waals surface area contributed by atoms with Crippen LogP contribution in [0.2, 0.25) is 0 Å². The maximum absolute atomic E-state index is 9.87. The summed E-state index contributed by atoms with van der Waals surface area (Å²) < 4.78 is 5.21. The van der Waals surface area contributed by atoms with E-state index in [0.717, 1.165) is 5.56 Å². The number of rotatable bonds is 3. The number of anilines is 1. The second-order valence-corrected chi connectivity index (χ2v) is 4.96. The van der Waals surface area contributed by atoms with Crippen molar-refractivity contribution in [1.29, 1.82) is 0 Å². The van der Waals surface area contributed by atoms with Gasteiger partial charge in [-0.3, -0.25) is 0 Å². The summed E-state index contributed by atoms with van der Waals surface area (Å²) in [6.45, 7) is 2.04. The number of nitrogen functional groups attached to an aromatic ring is 1. The Labute approximate surface area is 122 Å². The zero-order valence-electron chi connectivity index (χ0n) is 11.6. The Morgan fingerprint density at radius 2 is 2.05 bits per heavy atom. The van der Waals surface area contributed by atoms with Crippen molar-refractivity contribution in [3.8, 4) is 17.2 Å². The molecule has 3 N–H and O–H groups in total. The highest BCUT2D eigenvalue weighted by atomic mass is 16.5. The Hall–Kier alpha value is -2.82. The fraction of sp³-hybridized carbons (Fsp3) is 0.125. The summed E-state index contributed by atoms with van der Waals surface area (Å²) in [4.78, 5) is 4.32. The molecule has 0 fully saturated rings. The second-order valence-electron chi connectivity index (χ2n) is 4.96. The zero-order chi connectivity index (χ0) is 14.8. The molecule has 0 radical (unpaired) electrons. The average Bonchev–Trinajstić information content (AvgIpc) is 2.87. The Balaban J connectivity index is 1.86. The van der Waals surface area contributed by atoms with Gasteiger partial charge in [-0.05, 0) is 24.6 Å². The predicted molar refractivity (Wildman–Crippen MR) is 79.8 cm³/mol. The number of benzene rings is 2. The molecule has 0 aliphatic rings. The number of hydrogen-bond acceptors (Lipinski definition) is 5. The van der Waals surface area contributed by atoms with Gasteiger partial charge in [0.2, 0.25) is 0 Å². The molecule has 3 aromatic rings. The molecule has 0 saturated heterocycles. The van der Waals surface area contributed by atoms with Gasteiger partial charge in [0.15, 0.2) is 5.82 Å². The van der Waals surface area contributed by atoms with Crippen molar-refractivity contribution in [2.45, 2.75) is 13.3 Å². The molecule has 106 valence electrons. The molecule has 1 heterocycles. The molecule has 0 amide bonds. The van der Waals surface area contributed by atoms with Crippen LogP contribution < -0.4 is 5.73 Å². The molecule has 0 bridgehead atoms. The van der Waals surface area contributed by atoms with Gasteiger partial charge in [0.1, 0.15) is 5.75 Å². The summed E-state index contributed by atoms with van der Waals surface area (Å²) in [5, 5.41) is 13.8. The summed E-state index contributed by atoms with van der Waals surface area (Å²) in [6, 6.07) is 12.9. The Bertz CT molecular complexity index is 781. The summed E-state index contributed by atoms with van der Waals surface area (Å²) in [6.07, 6.45) is 0.584. The van der Waals surface area contributed by atoms with E-state index in [2.05, 4.69) is 16.2 Å². The van der Waals surface area contributed by atoms with Crippen LogP contribution >= 0.6 is 0 Å². The van der Waals surface area contributed by atoms with Gasteiger partial charge in [-0.2, -0.15) is 4.98 Å². The van der Waals surface area contributed by atoms with Gasteiger partial charge in [0.25, 0.3) is 5.89 Å². The molecule has 0 aliphatic carbocycles. The standard InChI is InChI=1S/C16H15N3O2/c1-10-3-2-4-11(7-10)8-15-18-16(21-19-15)13-6-5-12(17)9-14(13)20/h2-7,9,20H,8,17H2,1H3. The first-order valence-electron chi connectivity index (χ1n) is 6.59. The van der Waals surface area contributed by atoms with E-state index >= 15 is 0 Å². The number of aryl methyl sites for hydroxylation is 1. The number of phenols is 1. The van der Waals surface area contributed by atoms with E-state index in [1.807, 2.05) is 25.1 Å². The van der Waals surface area contributed by atoms with Crippen molar-refractivity contribution in [3.05, 3.63) is 59.4 Å². The second kappa shape index (κ2) is 5.28. The maximum Gasteiger partial charge on any atom is 0.261 e. The van der Waals surface area contributed by atoms with E-state index in [9.17, 15) is 5.11 Å². The van der Waals surface area contributed by atoms with Crippen LogP contribution in [0, 0.1) is 6.92 Å². The molecule has 0 saturated carbocycles. The minimum Gasteiger partial charge on any atom is -0.507 e. The van der Waals surface area contributed by atoms with Gasteiger partial charge in [0, 0.05) is 18.2 Å². The van der Waals surface area contributed by atoms with Crippen LogP contribution in [-0.2, 0) is 6.42 Å². The first kappa shape index (κ1) is 13.2. The quantitative estimate of drug-likeness (QED) is 0.721. The van der Waals surface area contributed by atoms with E-state index in [0.29, 0.717) is 23.5 Å². The lowest BCUT2D eigenvalue weighted by Gasteiger charge is -2.00. The molecule has 0 aliphatic heterocycles. The van der Waals surface area contributed by atoms with Crippen molar-refractivity contribution in [2.75, 3.05) is 5.73 Å². The first-order valence-corrected chi connectivity index (χ1v) is 6.59. The topological polar surface area (TPSA) is 85.2 Å². The monoisotopic (exact) mass is 281 g/mol. The van der Waals surface area contributed by atoms with Crippen LogP contribution in [-0.4, -0.2) is 15.2 Å². The Morgan fingerprint density at radius 3 is 2.81 bits per heavy atom. The van der Waals surface area contributed by atoms with Gasteiger partial charge < -0.3 is 15.4 Å². The summed E-state index contributed by atoms with van der Waals surface area (Å²) in [7, 11) is 0. The highest BCUT2D eigenvalue weighted by Gasteiger charge is 2.13. The number of hydrogen-bond donors (Lipinski definition) is 2. The van der Waals surface area contributed by atoms with Gasteiger partial charge in [0.05, 0.1) is 5.56 Å². The number of phenolic OH excluding ortho intramolecular Hbond substituents is 1. The lowest BCUT2D eigenvalue weighted by atomic mass is 10.1. The van der Waals surface area contributed by atoms with E-state index < -0.39 is 0 Å². The minimum absolute atomic E-state index is 0.0285. The van der Waals surface area contributed by atoms with Gasteiger partial charge >= 0.3 is 0 Å². The fourth-order valence-corrected chi connectivity index (χ4v) is 2.17. The average molecular weight is 281 g/mol. The summed E-state index contributed by atoms with van der Waals surface area (Å²) in [5.74, 6) is 0.891. The molecule has 3 rings (SSSR count). The first-order chi connectivity index (χ1) is 10.1. The maximum atomic E-state index is 9.87. The summed E-state index contributed by atoms with van der Waals surface area (Å²) in [5.41, 5.74) is 8.86. The number of nitrogens with zero attached hydrogens (tertiary/aromatic N) is 2. The molecule has 21 heavy (non-hydrogen) atoms. The SMILES string of the molecule is Cc1cccc(Cc2noc(-c3ccc(N)cc3O)n2)c1. The lowest BCUT2D eigenvalue weighted by Crippen LogP contribution is -1.91. The van der Waals surface area contributed by atoms with Crippen molar-refractivity contribution >= 4 is 5.69 Å². The van der Waals surface area contributed by atoms with Gasteiger partial charge in [-0.1, -0.05) is 35.0 Å². The van der Waals surface area contributed by atoms with Crippen LogP contribution in [0.25, 0.3) is 11.5 Å². The third-order valence-corrected chi connectivity index (χ3v) is 3.17. The number of aromatic hydroxyl groups is 1. The molecule has 1 aromatic heterocycles. The molecule has 2 aromatic carbocycles. The van der Waals surface area contributed by atoms with E-state index in [1.165, 1.54) is 11.6 Å². The summed E-state index contributed by atoms with van der Waals surface area (Å²) >= 11 is 0. The molecule has 0 atom stereocenters. The highest BCUT2D eigenvalue weighted by molar-refractivity contribution is 5.66. The van der Waals surface area contributed by atoms with Gasteiger partial charge in [-0.25, -0.2) is 0 Å². The van der Waals surface area contributed by atoms with Crippen LogP contribution in [0.5, 0.6) is 5.75 Å². The van der Waals surface area contributed by atoms with Crippen LogP contribution in [0.3, 0.4) is 0 Å². The predicted octanol–water partition coefficient (Wildman–Crippen LogP) is 2.92. The number of nitrogens with two attached hydrogens (primary N) is 1. The Morgan fingerprint density at radius 1 is 1.19 bits per heavy atom. The van der Waals surface area contributed by atoms with Crippen LogP contribution in [0.15, 0.2) is 47.0 Å². The third kappa shape index (κ3) is 2.86. The van der Waals surface area contributed by atoms with E-state index in [1.54, 1.807) is 12.1 Å². The fourth-order valence-electron chi connectivity index (χ4n) is 2.17. The molecule has 0 unspecified atom stereocenters. The van der Waals surface area contributed by atoms with Crippen LogP contribution in [0.1, 0.15) is 17.0 Å². The third-order valence-electron chi connectivity index (χ3n) is 3.17. The molecule has 5 heteroatoms. The molecular formula is C16H15N3O2. The van der Waals surface area contributed by atoms with E-state index in [-0.39, 0.29) is 11.6 Å². The van der Waals surface area contributed by atoms with E-state index in [4.69, 9.17) is 10.3 Å². The van der Waals surface area contributed by atoms with Crippen molar-refractivity contribution in [2.24, 2.45) is 0 Å². The highest BCUT2D eigenvalue weighted by Crippen LogP contribution is 2.29. The van der Waals surface area contributed by atoms with Crippen LogP contribution in [0.4, 0.5) is 5.69 Å². The molecular weight excluding hydrogens is 266 g/mol.